The molecule has 88 valence electrons. The zero-order valence-corrected chi connectivity index (χ0v) is 9.73. The Kier molecular flexibility index (Phi) is 3.66. The monoisotopic (exact) mass is 230 g/mol. The first-order valence-corrected chi connectivity index (χ1v) is 5.73. The van der Waals surface area contributed by atoms with Crippen LogP contribution in [0, 0.1) is 11.8 Å². The Labute approximate surface area is 101 Å². The quantitative estimate of drug-likeness (QED) is 0.589. The molecule has 1 saturated carbocycles. The van der Waals surface area contributed by atoms with Gasteiger partial charge in [-0.15, -0.1) is 0 Å². The van der Waals surface area contributed by atoms with Crippen molar-refractivity contribution in [3.05, 3.63) is 29.8 Å². The Hall–Kier alpha value is -1.95. The highest BCUT2D eigenvalue weighted by molar-refractivity contribution is 5.89. The van der Waals surface area contributed by atoms with Crippen molar-refractivity contribution in [2.45, 2.75) is 25.9 Å². The average Bonchev–Trinajstić information content (AvgIpc) is 3.11. The topological polar surface area (TPSA) is 35.5 Å². The number of carbonyl (C=O) groups is 1. The van der Waals surface area contributed by atoms with Crippen molar-refractivity contribution in [3.63, 3.8) is 0 Å². The highest BCUT2D eigenvalue weighted by atomic mass is 16.5. The van der Waals surface area contributed by atoms with Gasteiger partial charge >= 0.3 is 5.97 Å². The van der Waals surface area contributed by atoms with Crippen LogP contribution in [-0.2, 0) is 9.53 Å². The summed E-state index contributed by atoms with van der Waals surface area (Å²) in [5.41, 5.74) is 0.760. The lowest BCUT2D eigenvalue weighted by molar-refractivity contribution is -0.136. The Balaban J connectivity index is 2.01. The van der Waals surface area contributed by atoms with E-state index in [1.807, 2.05) is 24.3 Å². The maximum atomic E-state index is 11.1. The van der Waals surface area contributed by atoms with Crippen molar-refractivity contribution >= 4 is 5.97 Å². The van der Waals surface area contributed by atoms with E-state index in [-0.39, 0.29) is 0 Å². The molecule has 0 spiro atoms. The molecule has 1 fully saturated rings. The van der Waals surface area contributed by atoms with Crippen LogP contribution in [0.15, 0.2) is 24.3 Å². The number of hydrogen-bond acceptors (Lipinski definition) is 3. The number of carbonyl (C=O) groups excluding carboxylic acids is 1. The van der Waals surface area contributed by atoms with E-state index in [4.69, 9.17) is 9.47 Å². The van der Waals surface area contributed by atoms with Crippen LogP contribution >= 0.6 is 0 Å². The molecular weight excluding hydrogens is 216 g/mol. The van der Waals surface area contributed by atoms with E-state index >= 15 is 0 Å². The molecule has 17 heavy (non-hydrogen) atoms. The highest BCUT2D eigenvalue weighted by Gasteiger charge is 2.23. The van der Waals surface area contributed by atoms with E-state index in [0.29, 0.717) is 12.7 Å². The van der Waals surface area contributed by atoms with Gasteiger partial charge in [-0.05, 0) is 38.0 Å². The van der Waals surface area contributed by atoms with Gasteiger partial charge in [0.1, 0.15) is 5.75 Å². The minimum Gasteiger partial charge on any atom is -0.490 e. The van der Waals surface area contributed by atoms with Crippen LogP contribution in [0.3, 0.4) is 0 Å². The molecule has 1 aliphatic rings. The van der Waals surface area contributed by atoms with Gasteiger partial charge in [-0.25, -0.2) is 4.79 Å². The second-order valence-electron chi connectivity index (χ2n) is 3.82. The molecular formula is C14H14O3. The van der Waals surface area contributed by atoms with Gasteiger partial charge in [0.05, 0.1) is 12.7 Å². The number of rotatable bonds is 3. The molecule has 3 nitrogen and oxygen atoms in total. The summed E-state index contributed by atoms with van der Waals surface area (Å²) in [6.07, 6.45) is 2.61. The van der Waals surface area contributed by atoms with Crippen molar-refractivity contribution in [1.29, 1.82) is 0 Å². The molecule has 0 N–H and O–H groups in total. The number of ether oxygens (including phenoxy) is 2. The number of esters is 1. The first kappa shape index (κ1) is 11.5. The fraction of sp³-hybridized carbons (Fsp3) is 0.357. The van der Waals surface area contributed by atoms with Crippen LogP contribution in [0.5, 0.6) is 5.75 Å². The maximum Gasteiger partial charge on any atom is 0.384 e. The first-order valence-electron chi connectivity index (χ1n) is 5.73. The summed E-state index contributed by atoms with van der Waals surface area (Å²) < 4.78 is 10.4. The number of benzene rings is 1. The minimum atomic E-state index is -0.499. The fourth-order valence-electron chi connectivity index (χ4n) is 1.32. The van der Waals surface area contributed by atoms with E-state index in [9.17, 15) is 4.79 Å². The van der Waals surface area contributed by atoms with Crippen LogP contribution in [0.1, 0.15) is 25.3 Å². The van der Waals surface area contributed by atoms with E-state index < -0.39 is 5.97 Å². The largest absolute Gasteiger partial charge is 0.490 e. The first-order chi connectivity index (χ1) is 8.28. The predicted molar refractivity (Wildman–Crippen MR) is 63.6 cm³/mol. The van der Waals surface area contributed by atoms with Gasteiger partial charge in [0.2, 0.25) is 0 Å². The average molecular weight is 230 g/mol. The van der Waals surface area contributed by atoms with E-state index in [1.165, 1.54) is 0 Å². The van der Waals surface area contributed by atoms with Gasteiger partial charge in [-0.2, -0.15) is 0 Å². The Morgan fingerprint density at radius 2 is 2.29 bits per heavy atom. The zero-order chi connectivity index (χ0) is 12.1. The summed E-state index contributed by atoms with van der Waals surface area (Å²) in [5.74, 6) is 5.50. The number of hydrogen-bond donors (Lipinski definition) is 0. The standard InChI is InChI=1S/C14H14O3/c1-2-16-14(15)9-6-11-4-3-5-13(10-11)17-12-7-8-12/h3-5,10,12H,2,7-8H2,1H3. The molecule has 2 rings (SSSR count). The van der Waals surface area contributed by atoms with Crippen molar-refractivity contribution in [2.75, 3.05) is 6.61 Å². The third-order valence-corrected chi connectivity index (χ3v) is 2.25. The molecule has 3 heteroatoms. The third kappa shape index (κ3) is 3.84. The maximum absolute atomic E-state index is 11.1. The van der Waals surface area contributed by atoms with E-state index in [2.05, 4.69) is 11.8 Å². The lowest BCUT2D eigenvalue weighted by Gasteiger charge is -2.03. The van der Waals surface area contributed by atoms with Crippen LogP contribution < -0.4 is 4.74 Å². The minimum absolute atomic E-state index is 0.346. The van der Waals surface area contributed by atoms with Crippen LogP contribution in [-0.4, -0.2) is 18.7 Å². The molecule has 0 aromatic heterocycles. The molecule has 0 radical (unpaired) electrons. The summed E-state index contributed by atoms with van der Waals surface area (Å²) in [6.45, 7) is 2.10. The van der Waals surface area contributed by atoms with Crippen LogP contribution in [0.25, 0.3) is 0 Å². The van der Waals surface area contributed by atoms with Gasteiger partial charge < -0.3 is 9.47 Å². The summed E-state index contributed by atoms with van der Waals surface area (Å²) in [7, 11) is 0. The third-order valence-electron chi connectivity index (χ3n) is 2.25. The van der Waals surface area contributed by atoms with E-state index in [0.717, 1.165) is 24.2 Å². The Morgan fingerprint density at radius 1 is 1.47 bits per heavy atom. The van der Waals surface area contributed by atoms with Crippen molar-refractivity contribution < 1.29 is 14.3 Å². The lowest BCUT2D eigenvalue weighted by atomic mass is 10.2. The van der Waals surface area contributed by atoms with Gasteiger partial charge in [0.15, 0.2) is 0 Å². The van der Waals surface area contributed by atoms with Gasteiger partial charge in [0, 0.05) is 11.5 Å². The summed E-state index contributed by atoms with van der Waals surface area (Å²) in [6, 6.07) is 7.44. The van der Waals surface area contributed by atoms with Crippen LogP contribution in [0.4, 0.5) is 0 Å². The molecule has 0 amide bonds. The van der Waals surface area contributed by atoms with E-state index in [1.54, 1.807) is 6.92 Å². The zero-order valence-electron chi connectivity index (χ0n) is 9.73. The van der Waals surface area contributed by atoms with Crippen molar-refractivity contribution in [1.82, 2.24) is 0 Å². The van der Waals surface area contributed by atoms with Gasteiger partial charge in [-0.3, -0.25) is 0 Å². The molecule has 0 saturated heterocycles. The van der Waals surface area contributed by atoms with Crippen LogP contribution in [0.2, 0.25) is 0 Å². The highest BCUT2D eigenvalue weighted by Crippen LogP contribution is 2.26. The predicted octanol–water partition coefficient (Wildman–Crippen LogP) is 2.14. The Morgan fingerprint density at radius 3 is 3.00 bits per heavy atom. The van der Waals surface area contributed by atoms with Crippen molar-refractivity contribution in [3.8, 4) is 17.6 Å². The molecule has 0 heterocycles. The summed E-state index contributed by atoms with van der Waals surface area (Å²) >= 11 is 0. The van der Waals surface area contributed by atoms with Gasteiger partial charge in [-0.1, -0.05) is 12.0 Å². The normalized spacial score (nSPS) is 13.5. The summed E-state index contributed by atoms with van der Waals surface area (Å²) in [5, 5.41) is 0. The molecule has 1 aliphatic carbocycles. The second-order valence-corrected chi connectivity index (χ2v) is 3.82. The molecule has 0 bridgehead atoms. The molecule has 1 aromatic carbocycles. The smallest absolute Gasteiger partial charge is 0.384 e. The molecule has 0 unspecified atom stereocenters. The SMILES string of the molecule is CCOC(=O)C#Cc1cccc(OC2CC2)c1. The second kappa shape index (κ2) is 5.40. The molecule has 0 atom stereocenters. The summed E-state index contributed by atoms with van der Waals surface area (Å²) in [4.78, 5) is 11.1. The fourth-order valence-corrected chi connectivity index (χ4v) is 1.32. The van der Waals surface area contributed by atoms with Gasteiger partial charge in [0.25, 0.3) is 0 Å². The molecule has 0 aliphatic heterocycles. The molecule has 1 aromatic rings. The lowest BCUT2D eigenvalue weighted by Crippen LogP contribution is -1.99. The van der Waals surface area contributed by atoms with Crippen molar-refractivity contribution in [2.24, 2.45) is 0 Å². The Bertz CT molecular complexity index is 464.